The van der Waals surface area contributed by atoms with Crippen LogP contribution in [0.5, 0.6) is 0 Å². The van der Waals surface area contributed by atoms with Crippen molar-refractivity contribution in [2.75, 3.05) is 25.5 Å². The van der Waals surface area contributed by atoms with E-state index in [4.69, 9.17) is 0 Å². The van der Waals surface area contributed by atoms with Crippen molar-refractivity contribution in [2.45, 2.75) is 32.2 Å². The first-order chi connectivity index (χ1) is 12.4. The van der Waals surface area contributed by atoms with Crippen molar-refractivity contribution in [3.05, 3.63) is 29.8 Å². The maximum absolute atomic E-state index is 12.6. The van der Waals surface area contributed by atoms with Crippen molar-refractivity contribution < 1.29 is 19.5 Å². The van der Waals surface area contributed by atoms with Crippen LogP contribution in [0.3, 0.4) is 0 Å². The van der Waals surface area contributed by atoms with Gasteiger partial charge in [-0.05, 0) is 43.9 Å². The molecule has 1 aromatic rings. The van der Waals surface area contributed by atoms with Gasteiger partial charge in [-0.3, -0.25) is 19.3 Å². The Hall–Kier alpha value is -2.12. The Bertz CT molecular complexity index is 741. The second-order valence-electron chi connectivity index (χ2n) is 7.31. The fourth-order valence-corrected chi connectivity index (χ4v) is 4.27. The summed E-state index contributed by atoms with van der Waals surface area (Å²) in [4.78, 5) is 38.1. The molecule has 27 heavy (non-hydrogen) atoms. The standard InChI is InChI=1S/C19H25N3O4.ClH/c1-12(22-10-14-6-4-8-19(14,11-22)18(25)26)16(23)21-15-7-3-5-13(9-15)17(24)20-2;/h3,5,7,9,12,14H,4,6,8,10-11H2,1-2H3,(H,20,24)(H,21,23)(H,25,26);1H/t12?,14-,19+;/m0./s1. The van der Waals surface area contributed by atoms with Crippen molar-refractivity contribution in [2.24, 2.45) is 11.3 Å². The van der Waals surface area contributed by atoms with Crippen molar-refractivity contribution in [3.63, 3.8) is 0 Å². The molecule has 3 rings (SSSR count). The molecule has 0 spiro atoms. The molecule has 1 aliphatic carbocycles. The molecule has 8 heteroatoms. The predicted molar refractivity (Wildman–Crippen MR) is 104 cm³/mol. The van der Waals surface area contributed by atoms with Crippen LogP contribution in [0.25, 0.3) is 0 Å². The van der Waals surface area contributed by atoms with E-state index in [-0.39, 0.29) is 30.1 Å². The Labute approximate surface area is 164 Å². The molecule has 0 bridgehead atoms. The highest BCUT2D eigenvalue weighted by Gasteiger charge is 2.55. The molecule has 1 aliphatic heterocycles. The number of hydrogen-bond acceptors (Lipinski definition) is 4. The lowest BCUT2D eigenvalue weighted by atomic mass is 9.81. The minimum atomic E-state index is -0.742. The molecule has 2 aliphatic rings. The average Bonchev–Trinajstić information content (AvgIpc) is 3.19. The molecule has 2 fully saturated rings. The van der Waals surface area contributed by atoms with Crippen LogP contribution in [-0.2, 0) is 9.59 Å². The molecular formula is C19H26ClN3O4. The summed E-state index contributed by atoms with van der Waals surface area (Å²) >= 11 is 0. The van der Waals surface area contributed by atoms with Crippen LogP contribution in [0.1, 0.15) is 36.5 Å². The summed E-state index contributed by atoms with van der Waals surface area (Å²) in [5.74, 6) is -1.04. The molecule has 1 heterocycles. The quantitative estimate of drug-likeness (QED) is 0.708. The Morgan fingerprint density at radius 2 is 2.07 bits per heavy atom. The summed E-state index contributed by atoms with van der Waals surface area (Å²) in [6, 6.07) is 6.32. The van der Waals surface area contributed by atoms with Crippen molar-refractivity contribution in [3.8, 4) is 0 Å². The normalized spacial score (nSPS) is 25.2. The second kappa shape index (κ2) is 8.27. The molecule has 2 amide bonds. The van der Waals surface area contributed by atoms with Crippen LogP contribution in [0.4, 0.5) is 5.69 Å². The van der Waals surface area contributed by atoms with E-state index in [1.54, 1.807) is 38.2 Å². The van der Waals surface area contributed by atoms with Gasteiger partial charge in [-0.2, -0.15) is 0 Å². The summed E-state index contributed by atoms with van der Waals surface area (Å²) in [6.07, 6.45) is 2.54. The number of halogens is 1. The van der Waals surface area contributed by atoms with Gasteiger partial charge in [0.1, 0.15) is 0 Å². The van der Waals surface area contributed by atoms with Gasteiger partial charge in [0, 0.05) is 31.4 Å². The SMILES string of the molecule is CNC(=O)c1cccc(NC(=O)C(C)N2C[C@@H]3CCC[C@@]3(C(=O)O)C2)c1.Cl. The number of anilines is 1. The van der Waals surface area contributed by atoms with Gasteiger partial charge in [0.25, 0.3) is 5.91 Å². The van der Waals surface area contributed by atoms with Crippen LogP contribution in [0.15, 0.2) is 24.3 Å². The Balaban J connectivity index is 0.00000261. The highest BCUT2D eigenvalue weighted by molar-refractivity contribution is 5.98. The first kappa shape index (κ1) is 21.2. The summed E-state index contributed by atoms with van der Waals surface area (Å²) in [6.45, 7) is 2.85. The second-order valence-corrected chi connectivity index (χ2v) is 7.31. The number of carbonyl (C=O) groups excluding carboxylic acids is 2. The van der Waals surface area contributed by atoms with Crippen LogP contribution in [0.2, 0.25) is 0 Å². The van der Waals surface area contributed by atoms with Crippen LogP contribution >= 0.6 is 12.4 Å². The van der Waals surface area contributed by atoms with Crippen LogP contribution < -0.4 is 10.6 Å². The lowest BCUT2D eigenvalue weighted by Gasteiger charge is -2.26. The molecule has 3 atom stereocenters. The number of nitrogens with zero attached hydrogens (tertiary/aromatic N) is 1. The fourth-order valence-electron chi connectivity index (χ4n) is 4.27. The number of carbonyl (C=O) groups is 3. The van der Waals surface area contributed by atoms with Gasteiger partial charge in [0.15, 0.2) is 0 Å². The summed E-state index contributed by atoms with van der Waals surface area (Å²) in [5, 5.41) is 15.1. The fraction of sp³-hybridized carbons (Fsp3) is 0.526. The third-order valence-corrected chi connectivity index (χ3v) is 5.87. The zero-order valence-corrected chi connectivity index (χ0v) is 16.3. The minimum Gasteiger partial charge on any atom is -0.481 e. The average molecular weight is 396 g/mol. The lowest BCUT2D eigenvalue weighted by molar-refractivity contribution is -0.149. The van der Waals surface area contributed by atoms with E-state index in [2.05, 4.69) is 10.6 Å². The van der Waals surface area contributed by atoms with Gasteiger partial charge >= 0.3 is 5.97 Å². The number of hydrogen-bond donors (Lipinski definition) is 3. The van der Waals surface area contributed by atoms with E-state index in [0.717, 1.165) is 12.8 Å². The van der Waals surface area contributed by atoms with E-state index in [0.29, 0.717) is 30.8 Å². The number of benzene rings is 1. The van der Waals surface area contributed by atoms with Gasteiger partial charge in [-0.25, -0.2) is 0 Å². The van der Waals surface area contributed by atoms with Gasteiger partial charge in [-0.1, -0.05) is 12.5 Å². The van der Waals surface area contributed by atoms with Gasteiger partial charge in [0.2, 0.25) is 5.91 Å². The van der Waals surface area contributed by atoms with Gasteiger partial charge in [0.05, 0.1) is 11.5 Å². The Morgan fingerprint density at radius 1 is 1.33 bits per heavy atom. The number of nitrogens with one attached hydrogen (secondary N) is 2. The molecule has 1 saturated carbocycles. The van der Waals surface area contributed by atoms with Gasteiger partial charge < -0.3 is 15.7 Å². The molecule has 0 radical (unpaired) electrons. The number of amides is 2. The molecular weight excluding hydrogens is 370 g/mol. The summed E-state index contributed by atoms with van der Waals surface area (Å²) < 4.78 is 0. The number of carboxylic acid groups (broad SMARTS) is 1. The monoisotopic (exact) mass is 395 g/mol. The summed E-state index contributed by atoms with van der Waals surface area (Å²) in [7, 11) is 1.55. The zero-order chi connectivity index (χ0) is 18.9. The van der Waals surface area contributed by atoms with E-state index in [9.17, 15) is 19.5 Å². The number of rotatable bonds is 5. The maximum atomic E-state index is 12.6. The molecule has 7 nitrogen and oxygen atoms in total. The highest BCUT2D eigenvalue weighted by Crippen LogP contribution is 2.49. The van der Waals surface area contributed by atoms with Crippen molar-refractivity contribution in [1.29, 1.82) is 0 Å². The lowest BCUT2D eigenvalue weighted by Crippen LogP contribution is -2.43. The molecule has 1 aromatic carbocycles. The maximum Gasteiger partial charge on any atom is 0.311 e. The van der Waals surface area contributed by atoms with Gasteiger partial charge in [-0.15, -0.1) is 12.4 Å². The number of carboxylic acids is 1. The molecule has 0 aromatic heterocycles. The third-order valence-electron chi connectivity index (χ3n) is 5.87. The van der Waals surface area contributed by atoms with E-state index < -0.39 is 17.4 Å². The summed E-state index contributed by atoms with van der Waals surface area (Å²) in [5.41, 5.74) is 0.321. The Kier molecular flexibility index (Phi) is 6.49. The topological polar surface area (TPSA) is 98.7 Å². The predicted octanol–water partition coefficient (Wildman–Crippen LogP) is 1.98. The minimum absolute atomic E-state index is 0. The van der Waals surface area contributed by atoms with E-state index >= 15 is 0 Å². The van der Waals surface area contributed by atoms with Crippen LogP contribution in [0, 0.1) is 11.3 Å². The van der Waals surface area contributed by atoms with Crippen molar-refractivity contribution >= 4 is 35.9 Å². The van der Waals surface area contributed by atoms with Crippen molar-refractivity contribution in [1.82, 2.24) is 10.2 Å². The Morgan fingerprint density at radius 3 is 2.70 bits per heavy atom. The first-order valence-electron chi connectivity index (χ1n) is 8.98. The highest BCUT2D eigenvalue weighted by atomic mass is 35.5. The largest absolute Gasteiger partial charge is 0.481 e. The van der Waals surface area contributed by atoms with E-state index in [1.165, 1.54) is 0 Å². The number of aliphatic carboxylic acids is 1. The van der Waals surface area contributed by atoms with Crippen LogP contribution in [-0.4, -0.2) is 54.0 Å². The van der Waals surface area contributed by atoms with E-state index in [1.807, 2.05) is 4.90 Å². The molecule has 1 saturated heterocycles. The smallest absolute Gasteiger partial charge is 0.311 e. The third kappa shape index (κ3) is 3.94. The number of likely N-dealkylation sites (tertiary alicyclic amines) is 1. The molecule has 3 N–H and O–H groups in total. The molecule has 1 unspecified atom stereocenters. The molecule has 148 valence electrons. The zero-order valence-electron chi connectivity index (χ0n) is 15.5. The number of fused-ring (bicyclic) bond motifs is 1. The first-order valence-corrected chi connectivity index (χ1v) is 8.98.